The van der Waals surface area contributed by atoms with E-state index in [0.717, 1.165) is 0 Å². The van der Waals surface area contributed by atoms with Crippen LogP contribution in [0.25, 0.3) is 0 Å². The third kappa shape index (κ3) is 7.16. The molecule has 1 heterocycles. The zero-order chi connectivity index (χ0) is 18.3. The number of esters is 1. The van der Waals surface area contributed by atoms with Gasteiger partial charge in [0.2, 0.25) is 5.91 Å². The molecule has 0 aromatic heterocycles. The molecule has 0 saturated carbocycles. The van der Waals surface area contributed by atoms with E-state index < -0.39 is 17.6 Å². The lowest BCUT2D eigenvalue weighted by molar-refractivity contribution is -0.141. The number of hydrogen-bond donors (Lipinski definition) is 2. The molecule has 0 aromatic carbocycles. The summed E-state index contributed by atoms with van der Waals surface area (Å²) in [5, 5.41) is 2.76. The Morgan fingerprint density at radius 1 is 1.25 bits per heavy atom. The molecule has 1 atom stereocenters. The number of methoxy groups -OCH3 is 1. The standard InChI is InChI=1S/C16H29N3O5/c1-16(2,3)24-15(22)19-7-5-11(6-8-19)14(21)18-10-12(17)9-13(20)23-4/h11-12H,5-10,17H2,1-4H3,(H,18,21)/t12-/m1/s1. The third-order valence-electron chi connectivity index (χ3n) is 3.71. The summed E-state index contributed by atoms with van der Waals surface area (Å²) in [6.07, 6.45) is 0.879. The fourth-order valence-electron chi connectivity index (χ4n) is 2.40. The Balaban J connectivity index is 2.33. The number of piperidine rings is 1. The molecule has 1 fully saturated rings. The van der Waals surface area contributed by atoms with E-state index in [0.29, 0.717) is 25.9 Å². The van der Waals surface area contributed by atoms with Gasteiger partial charge in [-0.05, 0) is 33.6 Å². The minimum atomic E-state index is -0.527. The highest BCUT2D eigenvalue weighted by molar-refractivity contribution is 5.79. The Morgan fingerprint density at radius 2 is 1.83 bits per heavy atom. The van der Waals surface area contributed by atoms with Gasteiger partial charge in [-0.15, -0.1) is 0 Å². The molecule has 3 N–H and O–H groups in total. The van der Waals surface area contributed by atoms with Gasteiger partial charge in [-0.2, -0.15) is 0 Å². The van der Waals surface area contributed by atoms with E-state index in [4.69, 9.17) is 10.5 Å². The molecule has 0 unspecified atom stereocenters. The van der Waals surface area contributed by atoms with Crippen molar-refractivity contribution in [2.75, 3.05) is 26.7 Å². The molecule has 1 aliphatic rings. The number of nitrogens with one attached hydrogen (secondary N) is 1. The van der Waals surface area contributed by atoms with Crippen molar-refractivity contribution in [2.45, 2.75) is 51.7 Å². The van der Waals surface area contributed by atoms with Crippen LogP contribution < -0.4 is 11.1 Å². The maximum absolute atomic E-state index is 12.1. The molecule has 2 amide bonds. The first-order valence-electron chi connectivity index (χ1n) is 8.20. The van der Waals surface area contributed by atoms with Gasteiger partial charge in [0.1, 0.15) is 5.60 Å². The highest BCUT2D eigenvalue weighted by Gasteiger charge is 2.30. The Hall–Kier alpha value is -1.83. The number of amides is 2. The summed E-state index contributed by atoms with van der Waals surface area (Å²) in [6, 6.07) is -0.469. The number of carbonyl (C=O) groups is 3. The highest BCUT2D eigenvalue weighted by Crippen LogP contribution is 2.19. The summed E-state index contributed by atoms with van der Waals surface area (Å²) < 4.78 is 9.86. The van der Waals surface area contributed by atoms with E-state index >= 15 is 0 Å². The number of ether oxygens (including phenoxy) is 2. The lowest BCUT2D eigenvalue weighted by Gasteiger charge is -2.33. The number of rotatable bonds is 5. The predicted molar refractivity (Wildman–Crippen MR) is 88.1 cm³/mol. The van der Waals surface area contributed by atoms with Crippen molar-refractivity contribution in [3.05, 3.63) is 0 Å². The average molecular weight is 343 g/mol. The van der Waals surface area contributed by atoms with Crippen LogP contribution in [0.2, 0.25) is 0 Å². The molecule has 0 bridgehead atoms. The van der Waals surface area contributed by atoms with Crippen LogP contribution in [0.4, 0.5) is 4.79 Å². The second-order valence-corrected chi connectivity index (χ2v) is 7.03. The maximum Gasteiger partial charge on any atom is 0.410 e. The van der Waals surface area contributed by atoms with Crippen LogP contribution in [0, 0.1) is 5.92 Å². The number of nitrogens with zero attached hydrogens (tertiary/aromatic N) is 1. The molecule has 8 nitrogen and oxygen atoms in total. The second-order valence-electron chi connectivity index (χ2n) is 7.03. The Morgan fingerprint density at radius 3 is 2.33 bits per heavy atom. The fraction of sp³-hybridized carbons (Fsp3) is 0.812. The topological polar surface area (TPSA) is 111 Å². The first-order valence-corrected chi connectivity index (χ1v) is 8.20. The Kier molecular flexibility index (Phi) is 7.47. The molecular weight excluding hydrogens is 314 g/mol. The van der Waals surface area contributed by atoms with E-state index in [2.05, 4.69) is 10.1 Å². The van der Waals surface area contributed by atoms with Crippen molar-refractivity contribution < 1.29 is 23.9 Å². The SMILES string of the molecule is COC(=O)C[C@@H](N)CNC(=O)C1CCN(C(=O)OC(C)(C)C)CC1. The summed E-state index contributed by atoms with van der Waals surface area (Å²) in [7, 11) is 1.30. The molecule has 0 spiro atoms. The third-order valence-corrected chi connectivity index (χ3v) is 3.71. The van der Waals surface area contributed by atoms with E-state index in [1.165, 1.54) is 7.11 Å². The van der Waals surface area contributed by atoms with Crippen LogP contribution in [0.1, 0.15) is 40.0 Å². The normalized spacial score (nSPS) is 17.1. The number of hydrogen-bond acceptors (Lipinski definition) is 6. The zero-order valence-corrected chi connectivity index (χ0v) is 15.0. The first-order chi connectivity index (χ1) is 11.1. The van der Waals surface area contributed by atoms with Gasteiger partial charge in [0, 0.05) is 31.6 Å². The molecule has 138 valence electrons. The van der Waals surface area contributed by atoms with Gasteiger partial charge in [-0.1, -0.05) is 0 Å². The van der Waals surface area contributed by atoms with Crippen molar-refractivity contribution in [3.8, 4) is 0 Å². The van der Waals surface area contributed by atoms with Crippen molar-refractivity contribution in [2.24, 2.45) is 11.7 Å². The summed E-state index contributed by atoms with van der Waals surface area (Å²) in [4.78, 5) is 36.9. The van der Waals surface area contributed by atoms with Gasteiger partial charge in [-0.25, -0.2) is 4.79 Å². The van der Waals surface area contributed by atoms with Crippen LogP contribution in [-0.2, 0) is 19.1 Å². The molecule has 1 saturated heterocycles. The van der Waals surface area contributed by atoms with Crippen molar-refractivity contribution in [1.82, 2.24) is 10.2 Å². The molecule has 0 aromatic rings. The lowest BCUT2D eigenvalue weighted by Crippen LogP contribution is -2.46. The smallest absolute Gasteiger partial charge is 0.410 e. The van der Waals surface area contributed by atoms with E-state index in [1.54, 1.807) is 4.90 Å². The minimum Gasteiger partial charge on any atom is -0.469 e. The summed E-state index contributed by atoms with van der Waals surface area (Å²) in [5.41, 5.74) is 5.24. The maximum atomic E-state index is 12.1. The average Bonchev–Trinajstić information content (AvgIpc) is 2.51. The second kappa shape index (κ2) is 8.86. The predicted octanol–water partition coefficient (Wildman–Crippen LogP) is 0.640. The summed E-state index contributed by atoms with van der Waals surface area (Å²) in [5.74, 6) is -0.657. The van der Waals surface area contributed by atoms with E-state index in [-0.39, 0.29) is 30.9 Å². The largest absolute Gasteiger partial charge is 0.469 e. The number of nitrogens with two attached hydrogens (primary N) is 1. The zero-order valence-electron chi connectivity index (χ0n) is 15.0. The van der Waals surface area contributed by atoms with Gasteiger partial charge in [0.25, 0.3) is 0 Å². The highest BCUT2D eigenvalue weighted by atomic mass is 16.6. The van der Waals surface area contributed by atoms with Gasteiger partial charge in [0.05, 0.1) is 13.5 Å². The monoisotopic (exact) mass is 343 g/mol. The van der Waals surface area contributed by atoms with Crippen LogP contribution >= 0.6 is 0 Å². The Bertz CT molecular complexity index is 453. The molecule has 0 aliphatic carbocycles. The van der Waals surface area contributed by atoms with Crippen molar-refractivity contribution in [1.29, 1.82) is 0 Å². The Labute approximate surface area is 143 Å². The van der Waals surface area contributed by atoms with Crippen LogP contribution in [0.15, 0.2) is 0 Å². The van der Waals surface area contributed by atoms with Gasteiger partial charge in [-0.3, -0.25) is 9.59 Å². The number of carbonyl (C=O) groups excluding carboxylic acids is 3. The van der Waals surface area contributed by atoms with Gasteiger partial charge >= 0.3 is 12.1 Å². The number of likely N-dealkylation sites (tertiary alicyclic amines) is 1. The fourth-order valence-corrected chi connectivity index (χ4v) is 2.40. The summed E-state index contributed by atoms with van der Waals surface area (Å²) in [6.45, 7) is 6.66. The molecular formula is C16H29N3O5. The van der Waals surface area contributed by atoms with Crippen molar-refractivity contribution in [3.63, 3.8) is 0 Å². The first kappa shape index (κ1) is 20.2. The van der Waals surface area contributed by atoms with Gasteiger partial charge in [0.15, 0.2) is 0 Å². The van der Waals surface area contributed by atoms with E-state index in [1.807, 2.05) is 20.8 Å². The molecule has 24 heavy (non-hydrogen) atoms. The quantitative estimate of drug-likeness (QED) is 0.709. The molecule has 0 radical (unpaired) electrons. The van der Waals surface area contributed by atoms with Crippen LogP contribution in [0.3, 0.4) is 0 Å². The minimum absolute atomic E-state index is 0.0634. The van der Waals surface area contributed by atoms with Crippen LogP contribution in [0.5, 0.6) is 0 Å². The molecule has 1 aliphatic heterocycles. The molecule has 1 rings (SSSR count). The lowest BCUT2D eigenvalue weighted by atomic mass is 9.96. The van der Waals surface area contributed by atoms with Crippen LogP contribution in [-0.4, -0.2) is 61.3 Å². The summed E-state index contributed by atoms with van der Waals surface area (Å²) >= 11 is 0. The van der Waals surface area contributed by atoms with Crippen molar-refractivity contribution >= 4 is 18.0 Å². The molecule has 8 heteroatoms. The van der Waals surface area contributed by atoms with E-state index in [9.17, 15) is 14.4 Å². The van der Waals surface area contributed by atoms with Gasteiger partial charge < -0.3 is 25.4 Å².